The number of fused-ring (bicyclic) bond motifs is 8. The van der Waals surface area contributed by atoms with Crippen molar-refractivity contribution in [2.75, 3.05) is 65.8 Å². The van der Waals surface area contributed by atoms with E-state index in [1.165, 1.54) is 11.1 Å². The molecule has 1 unspecified atom stereocenters. The van der Waals surface area contributed by atoms with Crippen LogP contribution in [0.15, 0.2) is 94.9 Å². The predicted octanol–water partition coefficient (Wildman–Crippen LogP) is 9.20. The first-order valence-electron chi connectivity index (χ1n) is 26.4. The van der Waals surface area contributed by atoms with Crippen molar-refractivity contribution >= 4 is 34.5 Å². The number of piperidine rings is 1. The number of hydrogen-bond donors (Lipinski definition) is 4. The molecule has 1 aliphatic heterocycles. The van der Waals surface area contributed by atoms with Crippen LogP contribution in [0.25, 0.3) is 16.6 Å². The van der Waals surface area contributed by atoms with Crippen LogP contribution in [0.5, 0.6) is 0 Å². The molecular formula is C58H76N6O8. The zero-order valence-corrected chi connectivity index (χ0v) is 43.4. The third-order valence-corrected chi connectivity index (χ3v) is 18.6. The molecular weight excluding hydrogens is 909 g/mol. The Balaban J connectivity index is 0.638. The van der Waals surface area contributed by atoms with E-state index < -0.39 is 11.3 Å². The predicted molar refractivity (Wildman–Crippen MR) is 278 cm³/mol. The molecule has 4 amide bonds. The van der Waals surface area contributed by atoms with Gasteiger partial charge in [0.15, 0.2) is 5.76 Å². The summed E-state index contributed by atoms with van der Waals surface area (Å²) in [6.45, 7) is 18.8. The minimum absolute atomic E-state index is 0.0102. The van der Waals surface area contributed by atoms with Crippen LogP contribution in [0, 0.1) is 33.0 Å². The largest absolute Gasteiger partial charge is 0.504 e. The van der Waals surface area contributed by atoms with Gasteiger partial charge in [0.05, 0.1) is 44.3 Å². The van der Waals surface area contributed by atoms with E-state index in [0.717, 1.165) is 86.4 Å². The number of rotatable bonds is 17. The number of amides is 4. The Labute approximate surface area is 424 Å². The number of nitrogens with one attached hydrogen (secondary N) is 2. The molecule has 9 rings (SSSR count). The average molecular weight is 985 g/mol. The van der Waals surface area contributed by atoms with Crippen molar-refractivity contribution < 1.29 is 38.5 Å². The maximum Gasteiger partial charge on any atom is 0.317 e. The summed E-state index contributed by atoms with van der Waals surface area (Å²) in [6.07, 6.45) is 17.6. The number of carbonyl (C=O) groups excluding carboxylic acids is 4. The topological polar surface area (TPSA) is 187 Å². The van der Waals surface area contributed by atoms with Crippen LogP contribution >= 0.6 is 0 Å². The highest BCUT2D eigenvalue weighted by Crippen LogP contribution is 2.75. The first-order chi connectivity index (χ1) is 34.4. The van der Waals surface area contributed by atoms with Gasteiger partial charge in [-0.05, 0) is 134 Å². The number of ether oxygens (including phenoxy) is 3. The highest BCUT2D eigenvalue weighted by Gasteiger charge is 2.67. The van der Waals surface area contributed by atoms with Crippen molar-refractivity contribution in [2.24, 2.45) is 38.7 Å². The van der Waals surface area contributed by atoms with E-state index in [1.54, 1.807) is 22.9 Å². The highest BCUT2D eigenvalue weighted by atomic mass is 16.5. The van der Waals surface area contributed by atoms with E-state index in [-0.39, 0.29) is 51.1 Å². The summed E-state index contributed by atoms with van der Waals surface area (Å²) in [5, 5.41) is 22.2. The number of aromatic nitrogens is 2. The van der Waals surface area contributed by atoms with E-state index in [0.29, 0.717) is 88.4 Å². The molecule has 1 saturated heterocycles. The van der Waals surface area contributed by atoms with Crippen LogP contribution in [0.1, 0.15) is 128 Å². The molecule has 14 nitrogen and oxygen atoms in total. The highest BCUT2D eigenvalue weighted by molar-refractivity contribution is 6.06. The molecule has 3 saturated carbocycles. The lowest BCUT2D eigenvalue weighted by molar-refractivity contribution is -0.169. The Bertz CT molecular complexity index is 2720. The molecule has 5 aliphatic carbocycles. The molecule has 4 fully saturated rings. The van der Waals surface area contributed by atoms with E-state index >= 15 is 0 Å². The maximum absolute atomic E-state index is 14.0. The number of allylic oxidation sites excluding steroid dienone is 7. The van der Waals surface area contributed by atoms with Crippen LogP contribution in [0.3, 0.4) is 0 Å². The summed E-state index contributed by atoms with van der Waals surface area (Å²) < 4.78 is 19.0. The summed E-state index contributed by atoms with van der Waals surface area (Å²) >= 11 is 0. The van der Waals surface area contributed by atoms with Crippen molar-refractivity contribution in [1.29, 1.82) is 0 Å². The van der Waals surface area contributed by atoms with Gasteiger partial charge >= 0.3 is 6.03 Å². The van der Waals surface area contributed by atoms with E-state index in [2.05, 4.69) is 74.6 Å². The monoisotopic (exact) mass is 985 g/mol. The van der Waals surface area contributed by atoms with Gasteiger partial charge < -0.3 is 40.6 Å². The molecule has 2 aromatic carbocycles. The quantitative estimate of drug-likeness (QED) is 0.0957. The molecule has 72 heavy (non-hydrogen) atoms. The number of urea groups is 1. The molecule has 0 spiro atoms. The molecule has 5 N–H and O–H groups in total. The SMILES string of the molecule is CC1=C(O)C(=O)C=C2C1=CC=C1[C@@]2(C)CC[C@@]2(C)[C@@H]3C[C@](C)(C(=O)NCCCOCCOCCOCCNC(=O)N4CCCC(c5ccc(-n6cc7cccc(C(N)=O)c7n6)cc5)C4)CC[C@]3(C)CC[C@]12C. The number of primary amides is 1. The first kappa shape index (κ1) is 51.3. The second kappa shape index (κ2) is 20.4. The maximum atomic E-state index is 14.0. The molecule has 2 heterocycles. The molecule has 7 atom stereocenters. The summed E-state index contributed by atoms with van der Waals surface area (Å²) in [6, 6.07) is 13.5. The Hall–Kier alpha value is -5.57. The van der Waals surface area contributed by atoms with Gasteiger partial charge in [-0.1, -0.05) is 76.6 Å². The third-order valence-electron chi connectivity index (χ3n) is 18.6. The fourth-order valence-corrected chi connectivity index (χ4v) is 13.8. The number of nitrogens with two attached hydrogens (primary N) is 1. The number of ketones is 1. The molecule has 0 radical (unpaired) electrons. The fourth-order valence-electron chi connectivity index (χ4n) is 13.8. The van der Waals surface area contributed by atoms with Gasteiger partial charge in [-0.2, -0.15) is 5.10 Å². The number of benzene rings is 2. The van der Waals surface area contributed by atoms with Crippen molar-refractivity contribution in [1.82, 2.24) is 25.3 Å². The van der Waals surface area contributed by atoms with Gasteiger partial charge in [-0.15, -0.1) is 0 Å². The zero-order valence-electron chi connectivity index (χ0n) is 43.4. The van der Waals surface area contributed by atoms with Crippen molar-refractivity contribution in [3.05, 3.63) is 106 Å². The van der Waals surface area contributed by atoms with Crippen molar-refractivity contribution in [2.45, 2.75) is 112 Å². The van der Waals surface area contributed by atoms with Gasteiger partial charge in [0.2, 0.25) is 11.7 Å². The Morgan fingerprint density at radius 3 is 2.32 bits per heavy atom. The van der Waals surface area contributed by atoms with E-state index in [9.17, 15) is 24.3 Å². The van der Waals surface area contributed by atoms with Gasteiger partial charge in [0.25, 0.3) is 5.91 Å². The van der Waals surface area contributed by atoms with Crippen LogP contribution in [0.2, 0.25) is 0 Å². The van der Waals surface area contributed by atoms with Crippen LogP contribution in [-0.4, -0.2) is 109 Å². The number of carbonyl (C=O) groups is 4. The standard InChI is InChI=1S/C58H76N6O8/c1-38-43-17-18-47-56(4,45(43)34-46(65)50(38)66)22-24-58(6)48-35-55(3,20-19-54(48,2)21-23-57(47,58)5)52(68)60-25-9-28-70-30-32-72-33-31-71-29-26-61-53(69)63-27-8-11-40(36-63)39-13-15-42(16-14-39)64-37-41-10-7-12-44(51(59)67)49(41)62-64/h7,10,12-18,34,37,40,48,66H,8-9,11,19-33,35-36H2,1-6H3,(H2,59,67)(H,60,68)(H,61,69)/t40?,48-,54-,55-,56+,57-,58+/m1/s1. The fraction of sp³-hybridized carbons (Fsp3) is 0.569. The van der Waals surface area contributed by atoms with Gasteiger partial charge in [0.1, 0.15) is 5.52 Å². The number of nitrogens with zero attached hydrogens (tertiary/aromatic N) is 3. The number of hydrogen-bond acceptors (Lipinski definition) is 9. The van der Waals surface area contributed by atoms with Crippen LogP contribution in [-0.2, 0) is 23.8 Å². The Kier molecular flexibility index (Phi) is 14.5. The van der Waals surface area contributed by atoms with E-state index in [4.69, 9.17) is 19.9 Å². The van der Waals surface area contributed by atoms with Gasteiger partial charge in [-0.3, -0.25) is 14.4 Å². The Morgan fingerprint density at radius 2 is 1.57 bits per heavy atom. The molecule has 1 aromatic heterocycles. The van der Waals surface area contributed by atoms with Crippen molar-refractivity contribution in [3.8, 4) is 5.69 Å². The third kappa shape index (κ3) is 9.47. The lowest BCUT2D eigenvalue weighted by atomic mass is 9.34. The number of likely N-dealkylation sites (tertiary alicyclic amines) is 1. The number of aliphatic hydroxyl groups excluding tert-OH is 1. The molecule has 3 aromatic rings. The lowest BCUT2D eigenvalue weighted by Crippen LogP contribution is -2.62. The Morgan fingerprint density at radius 1 is 0.847 bits per heavy atom. The minimum atomic E-state index is -0.504. The van der Waals surface area contributed by atoms with Crippen LogP contribution in [0.4, 0.5) is 4.79 Å². The summed E-state index contributed by atoms with van der Waals surface area (Å²) in [5.41, 5.74) is 12.0. The first-order valence-corrected chi connectivity index (χ1v) is 26.4. The average Bonchev–Trinajstić information content (AvgIpc) is 3.82. The second-order valence-electron chi connectivity index (χ2n) is 22.8. The second-order valence-corrected chi connectivity index (χ2v) is 22.8. The number of aliphatic hydroxyl groups is 1. The van der Waals surface area contributed by atoms with E-state index in [1.807, 2.05) is 36.2 Å². The van der Waals surface area contributed by atoms with Gasteiger partial charge in [0, 0.05) is 66.7 Å². The lowest BCUT2D eigenvalue weighted by Gasteiger charge is -2.70. The molecule has 0 bridgehead atoms. The molecule has 6 aliphatic rings. The molecule has 14 heteroatoms. The minimum Gasteiger partial charge on any atom is -0.504 e. The molecule has 386 valence electrons. The van der Waals surface area contributed by atoms with Gasteiger partial charge in [-0.25, -0.2) is 9.48 Å². The zero-order chi connectivity index (χ0) is 51.1. The summed E-state index contributed by atoms with van der Waals surface area (Å²) in [7, 11) is 0. The van der Waals surface area contributed by atoms with Crippen molar-refractivity contribution in [3.63, 3.8) is 0 Å². The summed E-state index contributed by atoms with van der Waals surface area (Å²) in [4.78, 5) is 53.7. The summed E-state index contributed by atoms with van der Waals surface area (Å²) in [5.74, 6) is -0.190. The smallest absolute Gasteiger partial charge is 0.317 e. The van der Waals surface area contributed by atoms with Crippen LogP contribution < -0.4 is 16.4 Å². The normalized spacial score (nSPS) is 30.1.